The van der Waals surface area contributed by atoms with Gasteiger partial charge in [0, 0.05) is 51.7 Å². The fourth-order valence-corrected chi connectivity index (χ4v) is 3.63. The van der Waals surface area contributed by atoms with E-state index >= 15 is 0 Å². The van der Waals surface area contributed by atoms with Crippen molar-refractivity contribution < 1.29 is 9.53 Å². The molecule has 0 aliphatic carbocycles. The number of rotatable bonds is 5. The van der Waals surface area contributed by atoms with Crippen LogP contribution in [0.5, 0.6) is 5.75 Å². The van der Waals surface area contributed by atoms with Crippen molar-refractivity contribution in [2.45, 2.75) is 24.9 Å². The number of piperidine rings is 1. The maximum Gasteiger partial charge on any atom is 0.250 e. The van der Waals surface area contributed by atoms with Crippen molar-refractivity contribution in [2.24, 2.45) is 0 Å². The molecule has 2 aromatic rings. The third kappa shape index (κ3) is 3.39. The third-order valence-corrected chi connectivity index (χ3v) is 5.02. The SMILES string of the molecule is COc1ccccc1CN1CCC(C(=O)N(C)C)(n2cccn2)CC1. The molecule has 1 saturated heterocycles. The van der Waals surface area contributed by atoms with Crippen LogP contribution >= 0.6 is 0 Å². The second-order valence-electron chi connectivity index (χ2n) is 6.77. The summed E-state index contributed by atoms with van der Waals surface area (Å²) in [5.74, 6) is 1.03. The molecule has 6 heteroatoms. The number of likely N-dealkylation sites (tertiary alicyclic amines) is 1. The number of aromatic nitrogens is 2. The molecule has 0 N–H and O–H groups in total. The van der Waals surface area contributed by atoms with E-state index in [1.54, 1.807) is 18.2 Å². The van der Waals surface area contributed by atoms with Crippen molar-refractivity contribution >= 4 is 5.91 Å². The third-order valence-electron chi connectivity index (χ3n) is 5.02. The van der Waals surface area contributed by atoms with E-state index < -0.39 is 5.54 Å². The molecular formula is C19H26N4O2. The first-order chi connectivity index (χ1) is 12.1. The number of hydrogen-bond acceptors (Lipinski definition) is 4. The summed E-state index contributed by atoms with van der Waals surface area (Å²) in [4.78, 5) is 17.0. The first-order valence-electron chi connectivity index (χ1n) is 8.63. The Hall–Kier alpha value is -2.34. The van der Waals surface area contributed by atoms with Gasteiger partial charge in [0.25, 0.3) is 0 Å². The number of carbonyl (C=O) groups excluding carboxylic acids is 1. The van der Waals surface area contributed by atoms with Crippen molar-refractivity contribution in [1.29, 1.82) is 0 Å². The van der Waals surface area contributed by atoms with E-state index in [0.29, 0.717) is 0 Å². The zero-order chi connectivity index (χ0) is 17.9. The van der Waals surface area contributed by atoms with Crippen molar-refractivity contribution in [3.63, 3.8) is 0 Å². The number of carbonyl (C=O) groups is 1. The number of methoxy groups -OCH3 is 1. The Labute approximate surface area is 149 Å². The second-order valence-corrected chi connectivity index (χ2v) is 6.77. The smallest absolute Gasteiger partial charge is 0.250 e. The molecule has 25 heavy (non-hydrogen) atoms. The monoisotopic (exact) mass is 342 g/mol. The number of benzene rings is 1. The Morgan fingerprint density at radius 3 is 2.56 bits per heavy atom. The summed E-state index contributed by atoms with van der Waals surface area (Å²) >= 11 is 0. The highest BCUT2D eigenvalue weighted by Crippen LogP contribution is 2.32. The van der Waals surface area contributed by atoms with Gasteiger partial charge in [-0.25, -0.2) is 0 Å². The molecule has 1 aromatic carbocycles. The van der Waals surface area contributed by atoms with Gasteiger partial charge in [0.2, 0.25) is 5.91 Å². The number of ether oxygens (including phenoxy) is 1. The van der Waals surface area contributed by atoms with Crippen LogP contribution < -0.4 is 4.74 Å². The van der Waals surface area contributed by atoms with Gasteiger partial charge in [0.15, 0.2) is 0 Å². The van der Waals surface area contributed by atoms with Crippen LogP contribution in [-0.4, -0.2) is 59.8 Å². The molecule has 3 rings (SSSR count). The lowest BCUT2D eigenvalue weighted by Gasteiger charge is -2.42. The lowest BCUT2D eigenvalue weighted by Crippen LogP contribution is -2.54. The van der Waals surface area contributed by atoms with E-state index in [2.05, 4.69) is 16.1 Å². The second kappa shape index (κ2) is 7.27. The molecule has 0 atom stereocenters. The summed E-state index contributed by atoms with van der Waals surface area (Å²) in [5, 5.41) is 4.38. The van der Waals surface area contributed by atoms with Gasteiger partial charge < -0.3 is 9.64 Å². The maximum absolute atomic E-state index is 12.9. The van der Waals surface area contributed by atoms with E-state index in [0.717, 1.165) is 38.2 Å². The summed E-state index contributed by atoms with van der Waals surface area (Å²) in [5.41, 5.74) is 0.597. The number of likely N-dealkylation sites (N-methyl/N-ethyl adjacent to an activating group) is 1. The van der Waals surface area contributed by atoms with Crippen LogP contribution in [0, 0.1) is 0 Å². The molecule has 0 bridgehead atoms. The normalized spacial score (nSPS) is 17.2. The predicted octanol–water partition coefficient (Wildman–Crippen LogP) is 1.97. The molecule has 0 radical (unpaired) electrons. The van der Waals surface area contributed by atoms with Crippen molar-refractivity contribution in [3.8, 4) is 5.75 Å². The van der Waals surface area contributed by atoms with Crippen LogP contribution in [0.25, 0.3) is 0 Å². The Morgan fingerprint density at radius 2 is 1.96 bits per heavy atom. The van der Waals surface area contributed by atoms with Gasteiger partial charge in [-0.2, -0.15) is 5.10 Å². The van der Waals surface area contributed by atoms with Crippen LogP contribution in [0.2, 0.25) is 0 Å². The molecule has 1 fully saturated rings. The highest BCUT2D eigenvalue weighted by molar-refractivity contribution is 5.84. The topological polar surface area (TPSA) is 50.6 Å². The van der Waals surface area contributed by atoms with Gasteiger partial charge in [0.1, 0.15) is 11.3 Å². The summed E-state index contributed by atoms with van der Waals surface area (Å²) in [6.07, 6.45) is 5.14. The fraction of sp³-hybridized carbons (Fsp3) is 0.474. The van der Waals surface area contributed by atoms with E-state index in [9.17, 15) is 4.79 Å². The highest BCUT2D eigenvalue weighted by Gasteiger charge is 2.44. The molecule has 0 unspecified atom stereocenters. The first kappa shape index (κ1) is 17.5. The van der Waals surface area contributed by atoms with Crippen LogP contribution in [0.3, 0.4) is 0 Å². The van der Waals surface area contributed by atoms with Gasteiger partial charge in [-0.05, 0) is 25.0 Å². The quantitative estimate of drug-likeness (QED) is 0.834. The number of nitrogens with zero attached hydrogens (tertiary/aromatic N) is 4. The lowest BCUT2D eigenvalue weighted by atomic mass is 9.86. The van der Waals surface area contributed by atoms with Gasteiger partial charge in [-0.3, -0.25) is 14.4 Å². The largest absolute Gasteiger partial charge is 0.496 e. The minimum absolute atomic E-state index is 0.119. The summed E-state index contributed by atoms with van der Waals surface area (Å²) < 4.78 is 7.30. The van der Waals surface area contributed by atoms with E-state index in [-0.39, 0.29) is 5.91 Å². The molecule has 0 spiro atoms. The molecule has 1 amide bonds. The molecule has 1 aliphatic rings. The fourth-order valence-electron chi connectivity index (χ4n) is 3.63. The van der Waals surface area contributed by atoms with E-state index in [1.807, 2.05) is 49.2 Å². The van der Waals surface area contributed by atoms with Gasteiger partial charge in [0.05, 0.1) is 7.11 Å². The van der Waals surface area contributed by atoms with Gasteiger partial charge in [-0.15, -0.1) is 0 Å². The average Bonchev–Trinajstić information content (AvgIpc) is 3.17. The van der Waals surface area contributed by atoms with Gasteiger partial charge >= 0.3 is 0 Å². The highest BCUT2D eigenvalue weighted by atomic mass is 16.5. The predicted molar refractivity (Wildman–Crippen MR) is 96.4 cm³/mol. The standard InChI is InChI=1S/C19H26N4O2/c1-21(2)18(24)19(23-12-6-11-20-23)9-13-22(14-10-19)15-16-7-4-5-8-17(16)25-3/h4-8,11-12H,9-10,13-15H2,1-3H3. The lowest BCUT2D eigenvalue weighted by molar-refractivity contribution is -0.141. The van der Waals surface area contributed by atoms with Gasteiger partial charge in [-0.1, -0.05) is 18.2 Å². The number of para-hydroxylation sites is 1. The van der Waals surface area contributed by atoms with Crippen molar-refractivity contribution in [2.75, 3.05) is 34.3 Å². The molecule has 1 aliphatic heterocycles. The summed E-state index contributed by atoms with van der Waals surface area (Å²) in [6.45, 7) is 2.52. The Balaban J connectivity index is 1.75. The minimum atomic E-state index is -0.579. The summed E-state index contributed by atoms with van der Waals surface area (Å²) in [7, 11) is 5.33. The van der Waals surface area contributed by atoms with Crippen LogP contribution in [-0.2, 0) is 16.9 Å². The van der Waals surface area contributed by atoms with Crippen molar-refractivity contribution in [1.82, 2.24) is 19.6 Å². The maximum atomic E-state index is 12.9. The van der Waals surface area contributed by atoms with E-state index in [4.69, 9.17) is 4.74 Å². The molecule has 2 heterocycles. The Kier molecular flexibility index (Phi) is 5.08. The first-order valence-corrected chi connectivity index (χ1v) is 8.63. The Morgan fingerprint density at radius 1 is 1.24 bits per heavy atom. The zero-order valence-electron chi connectivity index (χ0n) is 15.2. The summed E-state index contributed by atoms with van der Waals surface area (Å²) in [6, 6.07) is 9.98. The van der Waals surface area contributed by atoms with Crippen LogP contribution in [0.15, 0.2) is 42.7 Å². The molecule has 6 nitrogen and oxygen atoms in total. The number of amides is 1. The molecule has 1 aromatic heterocycles. The van der Waals surface area contributed by atoms with Crippen molar-refractivity contribution in [3.05, 3.63) is 48.3 Å². The zero-order valence-corrected chi connectivity index (χ0v) is 15.2. The molecular weight excluding hydrogens is 316 g/mol. The minimum Gasteiger partial charge on any atom is -0.496 e. The van der Waals surface area contributed by atoms with Crippen LogP contribution in [0.4, 0.5) is 0 Å². The van der Waals surface area contributed by atoms with E-state index in [1.165, 1.54) is 5.56 Å². The van der Waals surface area contributed by atoms with Crippen LogP contribution in [0.1, 0.15) is 18.4 Å². The molecule has 134 valence electrons. The number of hydrogen-bond donors (Lipinski definition) is 0. The molecule has 0 saturated carbocycles. The Bertz CT molecular complexity index is 704. The average molecular weight is 342 g/mol.